The van der Waals surface area contributed by atoms with Crippen LogP contribution in [0.15, 0.2) is 40.9 Å². The molecule has 1 heterocycles. The minimum absolute atomic E-state index is 0.187. The number of rotatable bonds is 1. The molecule has 24 heavy (non-hydrogen) atoms. The number of benzene rings is 2. The smallest absolute Gasteiger partial charge is 0.124 e. The van der Waals surface area contributed by atoms with Crippen molar-refractivity contribution in [1.29, 1.82) is 0 Å². The van der Waals surface area contributed by atoms with E-state index < -0.39 is 0 Å². The molecule has 3 heteroatoms. The van der Waals surface area contributed by atoms with Gasteiger partial charge in [0.05, 0.1) is 0 Å². The first-order valence-electron chi connectivity index (χ1n) is 8.72. The van der Waals surface area contributed by atoms with E-state index in [0.717, 1.165) is 18.8 Å². The van der Waals surface area contributed by atoms with Crippen LogP contribution in [0.1, 0.15) is 48.6 Å². The van der Waals surface area contributed by atoms with Crippen LogP contribution in [0.25, 0.3) is 0 Å². The van der Waals surface area contributed by atoms with Crippen LogP contribution in [0.5, 0.6) is 5.75 Å². The summed E-state index contributed by atoms with van der Waals surface area (Å²) in [4.78, 5) is 2.61. The molecule has 0 saturated heterocycles. The first kappa shape index (κ1) is 16.2. The van der Waals surface area contributed by atoms with Gasteiger partial charge in [0.2, 0.25) is 0 Å². The Labute approximate surface area is 153 Å². The maximum Gasteiger partial charge on any atom is 0.124 e. The number of aryl methyl sites for hydroxylation is 2. The Morgan fingerprint density at radius 1 is 1.12 bits per heavy atom. The molecule has 126 valence electrons. The first-order valence-corrected chi connectivity index (χ1v) is 9.51. The monoisotopic (exact) mass is 385 g/mol. The van der Waals surface area contributed by atoms with E-state index in [-0.39, 0.29) is 5.60 Å². The van der Waals surface area contributed by atoms with Gasteiger partial charge in [-0.1, -0.05) is 34.1 Å². The van der Waals surface area contributed by atoms with Crippen molar-refractivity contribution in [2.75, 3.05) is 6.54 Å². The zero-order chi connectivity index (χ0) is 16.9. The van der Waals surface area contributed by atoms with Gasteiger partial charge in [0.25, 0.3) is 0 Å². The molecule has 0 amide bonds. The van der Waals surface area contributed by atoms with Crippen LogP contribution >= 0.6 is 15.9 Å². The van der Waals surface area contributed by atoms with Gasteiger partial charge in [0.15, 0.2) is 0 Å². The molecule has 0 aromatic heterocycles. The highest BCUT2D eigenvalue weighted by Gasteiger charge is 2.35. The molecule has 1 aliphatic carbocycles. The molecule has 2 nitrogen and oxygen atoms in total. The number of hydrogen-bond acceptors (Lipinski definition) is 2. The largest absolute Gasteiger partial charge is 0.486 e. The van der Waals surface area contributed by atoms with E-state index in [1.807, 2.05) is 0 Å². The lowest BCUT2D eigenvalue weighted by Gasteiger charge is -2.33. The van der Waals surface area contributed by atoms with Crippen LogP contribution in [0, 0.1) is 6.92 Å². The fourth-order valence-electron chi connectivity index (χ4n) is 4.13. The van der Waals surface area contributed by atoms with Crippen molar-refractivity contribution < 1.29 is 4.74 Å². The average Bonchev–Trinajstić information content (AvgIpc) is 2.85. The third kappa shape index (κ3) is 3.00. The third-order valence-electron chi connectivity index (χ3n) is 5.16. The minimum Gasteiger partial charge on any atom is -0.486 e. The van der Waals surface area contributed by atoms with Gasteiger partial charge in [-0.15, -0.1) is 0 Å². The molecule has 1 atom stereocenters. The molecule has 0 N–H and O–H groups in total. The van der Waals surface area contributed by atoms with Gasteiger partial charge < -0.3 is 4.74 Å². The normalized spacial score (nSPS) is 22.4. The van der Waals surface area contributed by atoms with E-state index in [0.29, 0.717) is 6.04 Å². The summed E-state index contributed by atoms with van der Waals surface area (Å²) in [5.74, 6) is 1.05. The molecule has 2 aromatic rings. The second-order valence-corrected chi connectivity index (χ2v) is 8.69. The fraction of sp³-hybridized carbons (Fsp3) is 0.429. The van der Waals surface area contributed by atoms with Crippen molar-refractivity contribution in [3.63, 3.8) is 0 Å². The van der Waals surface area contributed by atoms with Crippen LogP contribution in [-0.2, 0) is 13.0 Å². The van der Waals surface area contributed by atoms with Gasteiger partial charge in [-0.05, 0) is 68.5 Å². The van der Waals surface area contributed by atoms with E-state index in [2.05, 4.69) is 78.0 Å². The molecule has 2 aromatic carbocycles. The highest BCUT2D eigenvalue weighted by molar-refractivity contribution is 9.10. The van der Waals surface area contributed by atoms with E-state index in [1.54, 1.807) is 0 Å². The Bertz CT molecular complexity index is 783. The Kier molecular flexibility index (Phi) is 3.97. The number of hydrogen-bond donors (Lipinski definition) is 0. The predicted molar refractivity (Wildman–Crippen MR) is 102 cm³/mol. The van der Waals surface area contributed by atoms with Crippen molar-refractivity contribution in [3.8, 4) is 5.75 Å². The predicted octanol–water partition coefficient (Wildman–Crippen LogP) is 5.42. The number of ether oxygens (including phenoxy) is 1. The van der Waals surface area contributed by atoms with E-state index in [4.69, 9.17) is 4.74 Å². The Hall–Kier alpha value is -1.32. The third-order valence-corrected chi connectivity index (χ3v) is 5.65. The first-order chi connectivity index (χ1) is 11.4. The lowest BCUT2D eigenvalue weighted by Crippen LogP contribution is -2.41. The van der Waals surface area contributed by atoms with E-state index in [9.17, 15) is 0 Å². The summed E-state index contributed by atoms with van der Waals surface area (Å²) in [7, 11) is 0. The molecule has 4 rings (SSSR count). The summed E-state index contributed by atoms with van der Waals surface area (Å²) in [5.41, 5.74) is 5.35. The molecule has 2 aliphatic rings. The van der Waals surface area contributed by atoms with Crippen molar-refractivity contribution in [1.82, 2.24) is 4.90 Å². The van der Waals surface area contributed by atoms with Crippen molar-refractivity contribution in [3.05, 3.63) is 63.1 Å². The Balaban J connectivity index is 1.72. The summed E-state index contributed by atoms with van der Waals surface area (Å²) < 4.78 is 7.55. The van der Waals surface area contributed by atoms with Crippen LogP contribution in [-0.4, -0.2) is 17.0 Å². The van der Waals surface area contributed by atoms with Crippen molar-refractivity contribution in [2.24, 2.45) is 0 Å². The molecule has 1 unspecified atom stereocenters. The van der Waals surface area contributed by atoms with Gasteiger partial charge in [0.1, 0.15) is 11.4 Å². The number of fused-ring (bicyclic) bond motifs is 2. The molecule has 0 radical (unpaired) electrons. The van der Waals surface area contributed by atoms with Crippen molar-refractivity contribution in [2.45, 2.75) is 51.8 Å². The topological polar surface area (TPSA) is 12.5 Å². The second kappa shape index (κ2) is 5.89. The lowest BCUT2D eigenvalue weighted by atomic mass is 10.0. The maximum atomic E-state index is 6.38. The average molecular weight is 386 g/mol. The maximum absolute atomic E-state index is 6.38. The Morgan fingerprint density at radius 2 is 1.92 bits per heavy atom. The highest BCUT2D eigenvalue weighted by Crippen LogP contribution is 2.41. The van der Waals surface area contributed by atoms with Crippen LogP contribution < -0.4 is 4.74 Å². The molecular weight excluding hydrogens is 362 g/mol. The second-order valence-electron chi connectivity index (χ2n) is 7.78. The summed E-state index contributed by atoms with van der Waals surface area (Å²) in [6.45, 7) is 8.43. The minimum atomic E-state index is -0.187. The zero-order valence-electron chi connectivity index (χ0n) is 14.6. The summed E-state index contributed by atoms with van der Waals surface area (Å²) >= 11 is 3.64. The zero-order valence-corrected chi connectivity index (χ0v) is 16.2. The van der Waals surface area contributed by atoms with Gasteiger partial charge in [-0.2, -0.15) is 0 Å². The number of nitrogens with zero attached hydrogens (tertiary/aromatic N) is 1. The molecule has 0 bridgehead atoms. The molecular formula is C21H24BrNO. The van der Waals surface area contributed by atoms with Crippen LogP contribution in [0.4, 0.5) is 0 Å². The standard InChI is InChI=1S/C21H24BrNO/c1-14-4-5-16-12-23(13-21(2,3)24-20(16)10-14)19-9-7-15-6-8-17(22)11-18(15)19/h4-6,8,10-11,19H,7,9,12-13H2,1-3H3. The molecule has 1 aliphatic heterocycles. The lowest BCUT2D eigenvalue weighted by molar-refractivity contribution is 0.0521. The van der Waals surface area contributed by atoms with Crippen molar-refractivity contribution >= 4 is 15.9 Å². The van der Waals surface area contributed by atoms with E-state index in [1.165, 1.54) is 39.6 Å². The Morgan fingerprint density at radius 3 is 2.75 bits per heavy atom. The van der Waals surface area contributed by atoms with Crippen LogP contribution in [0.2, 0.25) is 0 Å². The summed E-state index contributed by atoms with van der Waals surface area (Å²) in [6.07, 6.45) is 2.37. The van der Waals surface area contributed by atoms with Gasteiger partial charge in [0, 0.05) is 29.2 Å². The highest BCUT2D eigenvalue weighted by atomic mass is 79.9. The van der Waals surface area contributed by atoms with Crippen LogP contribution in [0.3, 0.4) is 0 Å². The quantitative estimate of drug-likeness (QED) is 0.649. The van der Waals surface area contributed by atoms with Gasteiger partial charge >= 0.3 is 0 Å². The summed E-state index contributed by atoms with van der Waals surface area (Å²) in [5, 5.41) is 0. The SMILES string of the molecule is Cc1ccc2c(c1)OC(C)(C)CN(C1CCc3ccc(Br)cc31)C2. The molecule has 0 saturated carbocycles. The molecule has 0 fully saturated rings. The van der Waals surface area contributed by atoms with E-state index >= 15 is 0 Å². The number of halogens is 1. The summed E-state index contributed by atoms with van der Waals surface area (Å²) in [6, 6.07) is 13.8. The fourth-order valence-corrected chi connectivity index (χ4v) is 4.51. The van der Waals surface area contributed by atoms with Gasteiger partial charge in [-0.25, -0.2) is 0 Å². The van der Waals surface area contributed by atoms with Gasteiger partial charge in [-0.3, -0.25) is 4.90 Å². The molecule has 0 spiro atoms.